The minimum Gasteiger partial charge on any atom is -0.341 e. The van der Waals surface area contributed by atoms with Gasteiger partial charge in [0.15, 0.2) is 0 Å². The molecule has 6 heteroatoms. The fourth-order valence-electron chi connectivity index (χ4n) is 4.27. The minimum atomic E-state index is 0.223. The van der Waals surface area contributed by atoms with Crippen LogP contribution >= 0.6 is 0 Å². The van der Waals surface area contributed by atoms with E-state index in [1.807, 2.05) is 30.3 Å². The van der Waals surface area contributed by atoms with E-state index in [-0.39, 0.29) is 5.91 Å². The van der Waals surface area contributed by atoms with Crippen LogP contribution in [0.4, 0.5) is 11.6 Å². The molecule has 2 aromatic rings. The van der Waals surface area contributed by atoms with Crippen LogP contribution in [0.15, 0.2) is 36.7 Å². The van der Waals surface area contributed by atoms with Crippen molar-refractivity contribution in [3.05, 3.63) is 47.8 Å². The summed E-state index contributed by atoms with van der Waals surface area (Å²) in [7, 11) is 2.07. The maximum Gasteiger partial charge on any atom is 0.241 e. The van der Waals surface area contributed by atoms with Crippen molar-refractivity contribution in [2.45, 2.75) is 38.6 Å². The molecular weight excluding hydrogens is 350 g/mol. The van der Waals surface area contributed by atoms with Gasteiger partial charge in [-0.2, -0.15) is 0 Å². The van der Waals surface area contributed by atoms with Crippen LogP contribution < -0.4 is 9.80 Å². The molecule has 2 aliphatic rings. The molecule has 0 bridgehead atoms. The summed E-state index contributed by atoms with van der Waals surface area (Å²) < 4.78 is 0. The Balaban J connectivity index is 1.32. The van der Waals surface area contributed by atoms with Crippen molar-refractivity contribution in [3.8, 4) is 0 Å². The fraction of sp³-hybridized carbons (Fsp3) is 0.500. The smallest absolute Gasteiger partial charge is 0.241 e. The Hall–Kier alpha value is -2.47. The maximum absolute atomic E-state index is 13.0. The second kappa shape index (κ2) is 8.27. The van der Waals surface area contributed by atoms with E-state index in [1.54, 1.807) is 0 Å². The van der Waals surface area contributed by atoms with E-state index in [2.05, 4.69) is 45.0 Å². The van der Waals surface area contributed by atoms with Crippen LogP contribution in [0.25, 0.3) is 0 Å². The zero-order valence-electron chi connectivity index (χ0n) is 16.8. The van der Waals surface area contributed by atoms with Crippen LogP contribution in [0, 0.1) is 6.92 Å². The Morgan fingerprint density at radius 3 is 2.61 bits per heavy atom. The van der Waals surface area contributed by atoms with Gasteiger partial charge in [-0.25, -0.2) is 9.97 Å². The van der Waals surface area contributed by atoms with Gasteiger partial charge in [-0.3, -0.25) is 9.69 Å². The summed E-state index contributed by atoms with van der Waals surface area (Å²) in [6.07, 6.45) is 7.90. The van der Waals surface area contributed by atoms with Crippen LogP contribution in [0.1, 0.15) is 30.4 Å². The summed E-state index contributed by atoms with van der Waals surface area (Å²) in [4.78, 5) is 28.3. The van der Waals surface area contributed by atoms with Gasteiger partial charge in [0.2, 0.25) is 11.9 Å². The van der Waals surface area contributed by atoms with Crippen molar-refractivity contribution >= 4 is 17.5 Å². The molecule has 4 rings (SSSR count). The number of aromatic nitrogens is 2. The first-order valence-electron chi connectivity index (χ1n) is 10.2. The predicted molar refractivity (Wildman–Crippen MR) is 112 cm³/mol. The van der Waals surface area contributed by atoms with Gasteiger partial charge < -0.3 is 9.80 Å². The van der Waals surface area contributed by atoms with Gasteiger partial charge in [0.05, 0.1) is 6.54 Å². The van der Waals surface area contributed by atoms with Crippen molar-refractivity contribution < 1.29 is 4.79 Å². The third-order valence-corrected chi connectivity index (χ3v) is 5.96. The molecule has 0 aliphatic carbocycles. The summed E-state index contributed by atoms with van der Waals surface area (Å²) in [6.45, 7) is 5.20. The predicted octanol–water partition coefficient (Wildman–Crippen LogP) is 2.67. The topological polar surface area (TPSA) is 52.6 Å². The van der Waals surface area contributed by atoms with Gasteiger partial charge >= 0.3 is 0 Å². The number of nitrogens with zero attached hydrogens (tertiary/aromatic N) is 5. The van der Waals surface area contributed by atoms with E-state index in [9.17, 15) is 4.79 Å². The molecule has 3 heterocycles. The van der Waals surface area contributed by atoms with Gasteiger partial charge in [0, 0.05) is 50.8 Å². The second-order valence-corrected chi connectivity index (χ2v) is 7.96. The van der Waals surface area contributed by atoms with Gasteiger partial charge in [0.25, 0.3) is 0 Å². The number of rotatable bonds is 4. The molecule has 0 unspecified atom stereocenters. The third-order valence-electron chi connectivity index (χ3n) is 5.96. The first-order chi connectivity index (χ1) is 13.6. The molecule has 1 saturated heterocycles. The fourth-order valence-corrected chi connectivity index (χ4v) is 4.27. The molecule has 0 spiro atoms. The highest BCUT2D eigenvalue weighted by molar-refractivity contribution is 5.95. The van der Waals surface area contributed by atoms with E-state index >= 15 is 0 Å². The number of hydrogen-bond donors (Lipinski definition) is 0. The first-order valence-corrected chi connectivity index (χ1v) is 10.2. The number of carbonyl (C=O) groups is 1. The van der Waals surface area contributed by atoms with Gasteiger partial charge in [-0.05, 0) is 49.8 Å². The molecule has 6 nitrogen and oxygen atoms in total. The Kier molecular flexibility index (Phi) is 5.57. The van der Waals surface area contributed by atoms with E-state index < -0.39 is 0 Å². The molecule has 1 fully saturated rings. The van der Waals surface area contributed by atoms with Gasteiger partial charge in [0.1, 0.15) is 0 Å². The van der Waals surface area contributed by atoms with Crippen molar-refractivity contribution in [3.63, 3.8) is 0 Å². The number of amides is 1. The van der Waals surface area contributed by atoms with Crippen molar-refractivity contribution in [2.24, 2.45) is 0 Å². The molecule has 148 valence electrons. The lowest BCUT2D eigenvalue weighted by Crippen LogP contribution is -2.48. The number of anilines is 2. The monoisotopic (exact) mass is 379 g/mol. The number of likely N-dealkylation sites (tertiary alicyclic amines) is 1. The van der Waals surface area contributed by atoms with Gasteiger partial charge in [-0.1, -0.05) is 18.2 Å². The number of carbonyl (C=O) groups excluding carboxylic acids is 1. The maximum atomic E-state index is 13.0. The van der Waals surface area contributed by atoms with Crippen molar-refractivity contribution in [1.82, 2.24) is 14.9 Å². The molecule has 1 amide bonds. The molecule has 1 aromatic carbocycles. The molecule has 1 aromatic heterocycles. The lowest BCUT2D eigenvalue weighted by atomic mass is 10.0. The molecule has 0 saturated carbocycles. The van der Waals surface area contributed by atoms with Crippen molar-refractivity contribution in [2.75, 3.05) is 43.0 Å². The molecule has 28 heavy (non-hydrogen) atoms. The highest BCUT2D eigenvalue weighted by Crippen LogP contribution is 2.27. The highest BCUT2D eigenvalue weighted by Gasteiger charge is 2.28. The molecular formula is C22H29N5O. The average Bonchev–Trinajstić information content (AvgIpc) is 2.74. The normalized spacial score (nSPS) is 18.0. The summed E-state index contributed by atoms with van der Waals surface area (Å²) in [6, 6.07) is 8.73. The summed E-state index contributed by atoms with van der Waals surface area (Å²) >= 11 is 0. The van der Waals surface area contributed by atoms with Crippen LogP contribution in [-0.2, 0) is 11.2 Å². The Morgan fingerprint density at radius 1 is 1.14 bits per heavy atom. The third kappa shape index (κ3) is 4.02. The van der Waals surface area contributed by atoms with E-state index in [4.69, 9.17) is 0 Å². The zero-order chi connectivity index (χ0) is 19.5. The number of benzene rings is 1. The summed E-state index contributed by atoms with van der Waals surface area (Å²) in [5, 5.41) is 0. The second-order valence-electron chi connectivity index (χ2n) is 7.96. The summed E-state index contributed by atoms with van der Waals surface area (Å²) in [5.74, 6) is 1.01. The Morgan fingerprint density at radius 2 is 1.86 bits per heavy atom. The van der Waals surface area contributed by atoms with Crippen LogP contribution in [-0.4, -0.2) is 60.0 Å². The number of piperidine rings is 1. The summed E-state index contributed by atoms with van der Waals surface area (Å²) in [5.41, 5.74) is 3.47. The Bertz CT molecular complexity index is 814. The molecule has 0 radical (unpaired) electrons. The van der Waals surface area contributed by atoms with E-state index in [1.165, 1.54) is 5.56 Å². The standard InChI is InChI=1S/C22H29N5O/c1-17-14-23-22(24-15-17)25(2)19-9-12-26(13-10-19)16-21(28)27-11-5-7-18-6-3-4-8-20(18)27/h3-4,6,8,14-15,19H,5,7,9-13,16H2,1-2H3. The molecule has 0 N–H and O–H groups in total. The van der Waals surface area contributed by atoms with E-state index in [0.29, 0.717) is 12.6 Å². The van der Waals surface area contributed by atoms with Crippen LogP contribution in [0.3, 0.4) is 0 Å². The number of hydrogen-bond acceptors (Lipinski definition) is 5. The highest BCUT2D eigenvalue weighted by atomic mass is 16.2. The number of aryl methyl sites for hydroxylation is 2. The molecule has 2 aliphatic heterocycles. The SMILES string of the molecule is Cc1cnc(N(C)C2CCN(CC(=O)N3CCCc4ccccc43)CC2)nc1. The Labute approximate surface area is 167 Å². The number of fused-ring (bicyclic) bond motifs is 1. The number of para-hydroxylation sites is 1. The quantitative estimate of drug-likeness (QED) is 0.818. The zero-order valence-corrected chi connectivity index (χ0v) is 16.8. The lowest BCUT2D eigenvalue weighted by Gasteiger charge is -2.37. The van der Waals surface area contributed by atoms with Crippen LogP contribution in [0.5, 0.6) is 0 Å². The van der Waals surface area contributed by atoms with Gasteiger partial charge in [-0.15, -0.1) is 0 Å². The largest absolute Gasteiger partial charge is 0.341 e. The average molecular weight is 380 g/mol. The minimum absolute atomic E-state index is 0.223. The molecule has 0 atom stereocenters. The van der Waals surface area contributed by atoms with Crippen LogP contribution in [0.2, 0.25) is 0 Å². The lowest BCUT2D eigenvalue weighted by molar-refractivity contribution is -0.120. The van der Waals surface area contributed by atoms with E-state index in [0.717, 1.165) is 62.5 Å². The first kappa shape index (κ1) is 18.9. The van der Waals surface area contributed by atoms with Crippen molar-refractivity contribution in [1.29, 1.82) is 0 Å².